The molecule has 0 saturated heterocycles. The quantitative estimate of drug-likeness (QED) is 0.527. The Hall–Kier alpha value is -3.41. The molecule has 2 aromatic rings. The second kappa shape index (κ2) is 8.76. The molecule has 6 heteroatoms. The number of Topliss-reactive ketones (excluding diaryl/α,β-unsaturated/α-hetero) is 1. The lowest BCUT2D eigenvalue weighted by molar-refractivity contribution is 0.0838. The van der Waals surface area contributed by atoms with Crippen molar-refractivity contribution in [2.24, 2.45) is 0 Å². The molecule has 0 amide bonds. The molecule has 1 aliphatic rings. The summed E-state index contributed by atoms with van der Waals surface area (Å²) in [7, 11) is 1.43. The molecule has 2 atom stereocenters. The van der Waals surface area contributed by atoms with Gasteiger partial charge in [-0.1, -0.05) is 23.8 Å². The first kappa shape index (κ1) is 22.3. The van der Waals surface area contributed by atoms with E-state index in [1.54, 1.807) is 0 Å². The van der Waals surface area contributed by atoms with Crippen molar-refractivity contribution in [3.63, 3.8) is 0 Å². The van der Waals surface area contributed by atoms with Crippen LogP contribution in [0, 0.1) is 0 Å². The number of allylic oxidation sites excluding steroid dienone is 3. The van der Waals surface area contributed by atoms with E-state index in [2.05, 4.69) is 6.58 Å². The van der Waals surface area contributed by atoms with Crippen LogP contribution < -0.4 is 9.47 Å². The number of hydrogen-bond acceptors (Lipinski definition) is 6. The molecule has 0 fully saturated rings. The Kier molecular flexibility index (Phi) is 6.29. The van der Waals surface area contributed by atoms with E-state index in [0.29, 0.717) is 17.5 Å². The second-order valence-corrected chi connectivity index (χ2v) is 8.11. The molecule has 2 aromatic carbocycles. The van der Waals surface area contributed by atoms with Crippen LogP contribution in [0.5, 0.6) is 28.7 Å². The number of phenols is 3. The van der Waals surface area contributed by atoms with Gasteiger partial charge < -0.3 is 24.8 Å². The minimum atomic E-state index is -0.778. The lowest BCUT2D eigenvalue weighted by Crippen LogP contribution is -2.23. The molecular weight excluding hydrogens is 396 g/mol. The van der Waals surface area contributed by atoms with Gasteiger partial charge in [0.2, 0.25) is 0 Å². The number of rotatable bonds is 6. The van der Waals surface area contributed by atoms with Gasteiger partial charge in [-0.2, -0.15) is 0 Å². The normalized spacial score (nSPS) is 16.1. The van der Waals surface area contributed by atoms with E-state index in [-0.39, 0.29) is 52.4 Å². The van der Waals surface area contributed by atoms with Gasteiger partial charge in [-0.25, -0.2) is 0 Å². The van der Waals surface area contributed by atoms with Gasteiger partial charge in [0, 0.05) is 29.2 Å². The molecule has 0 radical (unpaired) electrons. The van der Waals surface area contributed by atoms with Crippen LogP contribution in [-0.4, -0.2) is 28.2 Å². The molecule has 3 N–H and O–H groups in total. The van der Waals surface area contributed by atoms with Gasteiger partial charge in [0.15, 0.2) is 5.78 Å². The van der Waals surface area contributed by atoms with Gasteiger partial charge in [-0.3, -0.25) is 4.79 Å². The number of hydrogen-bond donors (Lipinski definition) is 3. The largest absolute Gasteiger partial charge is 0.508 e. The van der Waals surface area contributed by atoms with Crippen LogP contribution in [-0.2, 0) is 0 Å². The highest BCUT2D eigenvalue weighted by Gasteiger charge is 2.37. The van der Waals surface area contributed by atoms with E-state index in [4.69, 9.17) is 9.47 Å². The van der Waals surface area contributed by atoms with Gasteiger partial charge in [-0.05, 0) is 39.3 Å². The topological polar surface area (TPSA) is 96.2 Å². The SMILES string of the molecule is C=C(C)[C@H](CC=C(C)C)c1c(O)cc(OC)c2c1O[C@H](c1ccc(O)cc1O)CC2=O. The van der Waals surface area contributed by atoms with E-state index in [1.165, 1.54) is 31.4 Å². The summed E-state index contributed by atoms with van der Waals surface area (Å²) >= 11 is 0. The third-order valence-corrected chi connectivity index (χ3v) is 5.46. The number of carbonyl (C=O) groups is 1. The Balaban J connectivity index is 2.20. The first-order valence-electron chi connectivity index (χ1n) is 10.1. The summed E-state index contributed by atoms with van der Waals surface area (Å²) < 4.78 is 11.6. The number of ketones is 1. The van der Waals surface area contributed by atoms with Crippen molar-refractivity contribution >= 4 is 5.78 Å². The lowest BCUT2D eigenvalue weighted by Gasteiger charge is -2.31. The van der Waals surface area contributed by atoms with Crippen molar-refractivity contribution in [3.05, 3.63) is 64.8 Å². The fourth-order valence-electron chi connectivity index (χ4n) is 3.87. The van der Waals surface area contributed by atoms with E-state index >= 15 is 0 Å². The van der Waals surface area contributed by atoms with Crippen molar-refractivity contribution in [1.82, 2.24) is 0 Å². The first-order chi connectivity index (χ1) is 14.6. The first-order valence-corrected chi connectivity index (χ1v) is 10.1. The highest BCUT2D eigenvalue weighted by molar-refractivity contribution is 6.03. The third kappa shape index (κ3) is 4.38. The molecule has 0 unspecified atom stereocenters. The average molecular weight is 424 g/mol. The van der Waals surface area contributed by atoms with Crippen LogP contribution in [0.1, 0.15) is 67.1 Å². The number of methoxy groups -OCH3 is 1. The summed E-state index contributed by atoms with van der Waals surface area (Å²) in [6.45, 7) is 9.93. The zero-order valence-electron chi connectivity index (χ0n) is 18.2. The van der Waals surface area contributed by atoms with Crippen molar-refractivity contribution in [2.75, 3.05) is 7.11 Å². The lowest BCUT2D eigenvalue weighted by atomic mass is 9.84. The van der Waals surface area contributed by atoms with E-state index in [1.807, 2.05) is 26.8 Å². The van der Waals surface area contributed by atoms with Crippen LogP contribution in [0.2, 0.25) is 0 Å². The maximum absolute atomic E-state index is 13.1. The minimum absolute atomic E-state index is 0.0163. The van der Waals surface area contributed by atoms with Crippen molar-refractivity contribution in [3.8, 4) is 28.7 Å². The monoisotopic (exact) mass is 424 g/mol. The number of aromatic hydroxyl groups is 3. The number of ether oxygens (including phenoxy) is 2. The zero-order chi connectivity index (χ0) is 22.9. The summed E-state index contributed by atoms with van der Waals surface area (Å²) in [5, 5.41) is 30.8. The molecule has 0 aliphatic carbocycles. The molecule has 6 nitrogen and oxygen atoms in total. The highest BCUT2D eigenvalue weighted by atomic mass is 16.5. The molecule has 1 heterocycles. The summed E-state index contributed by atoms with van der Waals surface area (Å²) in [6.07, 6.45) is 1.83. The predicted molar refractivity (Wildman–Crippen MR) is 118 cm³/mol. The van der Waals surface area contributed by atoms with Crippen LogP contribution in [0.15, 0.2) is 48.1 Å². The summed E-state index contributed by atoms with van der Waals surface area (Å²) in [6, 6.07) is 5.58. The van der Waals surface area contributed by atoms with Crippen molar-refractivity contribution in [2.45, 2.75) is 45.6 Å². The molecular formula is C25H28O6. The van der Waals surface area contributed by atoms with Crippen LogP contribution in [0.3, 0.4) is 0 Å². The van der Waals surface area contributed by atoms with Crippen molar-refractivity contribution in [1.29, 1.82) is 0 Å². The fraction of sp³-hybridized carbons (Fsp3) is 0.320. The minimum Gasteiger partial charge on any atom is -0.508 e. The van der Waals surface area contributed by atoms with Gasteiger partial charge in [0.1, 0.15) is 40.4 Å². The Morgan fingerprint density at radius 3 is 2.52 bits per heavy atom. The summed E-state index contributed by atoms with van der Waals surface area (Å²) in [4.78, 5) is 13.1. The number of benzene rings is 2. The average Bonchev–Trinajstić information content (AvgIpc) is 2.68. The maximum Gasteiger partial charge on any atom is 0.174 e. The van der Waals surface area contributed by atoms with Crippen LogP contribution in [0.25, 0.3) is 0 Å². The van der Waals surface area contributed by atoms with Crippen LogP contribution in [0.4, 0.5) is 0 Å². The number of fused-ring (bicyclic) bond motifs is 1. The molecule has 164 valence electrons. The highest BCUT2D eigenvalue weighted by Crippen LogP contribution is 2.51. The van der Waals surface area contributed by atoms with E-state index in [9.17, 15) is 20.1 Å². The Bertz CT molecular complexity index is 1060. The smallest absolute Gasteiger partial charge is 0.174 e. The molecule has 31 heavy (non-hydrogen) atoms. The zero-order valence-corrected chi connectivity index (χ0v) is 18.2. The third-order valence-electron chi connectivity index (χ3n) is 5.46. The number of phenolic OH excluding ortho intramolecular Hbond substituents is 3. The molecule has 0 bridgehead atoms. The standard InChI is InChI=1S/C25H28O6/c1-13(2)6-8-16(14(3)4)23-19(28)12-22(30-5)24-20(29)11-21(31-25(23)24)17-9-7-15(26)10-18(17)27/h6-7,9-10,12,16,21,26-28H,3,8,11H2,1-2,4-5H3/t16-,21-/m0/s1. The Morgan fingerprint density at radius 1 is 1.23 bits per heavy atom. The van der Waals surface area contributed by atoms with Gasteiger partial charge in [0.05, 0.1) is 13.5 Å². The fourth-order valence-corrected chi connectivity index (χ4v) is 3.87. The maximum atomic E-state index is 13.1. The molecule has 3 rings (SSSR count). The Morgan fingerprint density at radius 2 is 1.94 bits per heavy atom. The molecule has 1 aliphatic heterocycles. The van der Waals surface area contributed by atoms with Gasteiger partial charge >= 0.3 is 0 Å². The van der Waals surface area contributed by atoms with Crippen LogP contribution >= 0.6 is 0 Å². The molecule has 0 spiro atoms. The van der Waals surface area contributed by atoms with E-state index < -0.39 is 6.10 Å². The molecule has 0 saturated carbocycles. The van der Waals surface area contributed by atoms with Crippen molar-refractivity contribution < 1.29 is 29.6 Å². The van der Waals surface area contributed by atoms with E-state index in [0.717, 1.165) is 11.1 Å². The van der Waals surface area contributed by atoms with Gasteiger partial charge in [-0.15, -0.1) is 0 Å². The summed E-state index contributed by atoms with van der Waals surface area (Å²) in [5.74, 6) is -0.343. The number of carbonyl (C=O) groups excluding carboxylic acids is 1. The molecule has 0 aromatic heterocycles. The summed E-state index contributed by atoms with van der Waals surface area (Å²) in [5.41, 5.74) is 3.05. The Labute approximate surface area is 182 Å². The second-order valence-electron chi connectivity index (χ2n) is 8.11. The van der Waals surface area contributed by atoms with Gasteiger partial charge in [0.25, 0.3) is 0 Å². The predicted octanol–water partition coefficient (Wildman–Crippen LogP) is 5.53.